The lowest BCUT2D eigenvalue weighted by atomic mass is 9.80. The maximum Gasteiger partial charge on any atom is 0.356 e. The zero-order chi connectivity index (χ0) is 27.4. The quantitative estimate of drug-likeness (QED) is 0.112. The van der Waals surface area contributed by atoms with E-state index in [1.165, 1.54) is 0 Å². The second kappa shape index (κ2) is 11.5. The predicted molar refractivity (Wildman–Crippen MR) is 153 cm³/mol. The number of rotatable bonds is 11. The van der Waals surface area contributed by atoms with Crippen LogP contribution in [0, 0.1) is 0 Å². The molecule has 202 valence electrons. The summed E-state index contributed by atoms with van der Waals surface area (Å²) in [5.74, 6) is -0.0668. The minimum Gasteiger partial charge on any atom is -0.461 e. The molecule has 0 spiro atoms. The van der Waals surface area contributed by atoms with Crippen LogP contribution in [-0.2, 0) is 19.8 Å². The molecule has 5 aromatic rings. The zero-order valence-electron chi connectivity index (χ0n) is 22.5. The first-order chi connectivity index (χ1) is 19.7. The highest BCUT2D eigenvalue weighted by atomic mass is 16.5. The molecular weight excluding hydrogens is 500 g/mol. The number of hydrogen-bond donors (Lipinski definition) is 0. The molecule has 40 heavy (non-hydrogen) atoms. The fourth-order valence-corrected chi connectivity index (χ4v) is 5.45. The van der Waals surface area contributed by atoms with Crippen molar-refractivity contribution in [3.63, 3.8) is 0 Å². The number of imidazole rings is 1. The molecule has 6 heteroatoms. The Balaban J connectivity index is 1.16. The Morgan fingerprint density at radius 2 is 1.48 bits per heavy atom. The maximum absolute atomic E-state index is 12.2. The van der Waals surface area contributed by atoms with Gasteiger partial charge in [0.15, 0.2) is 5.69 Å². The van der Waals surface area contributed by atoms with E-state index in [1.807, 2.05) is 36.5 Å². The summed E-state index contributed by atoms with van der Waals surface area (Å²) >= 11 is 0. The molecule has 1 aliphatic carbocycles. The molecule has 0 radical (unpaired) electrons. The lowest BCUT2D eigenvalue weighted by Gasteiger charge is -2.36. The van der Waals surface area contributed by atoms with Crippen molar-refractivity contribution >= 4 is 11.6 Å². The molecule has 0 saturated heterocycles. The van der Waals surface area contributed by atoms with Crippen LogP contribution >= 0.6 is 0 Å². The first-order valence-corrected chi connectivity index (χ1v) is 13.8. The van der Waals surface area contributed by atoms with E-state index < -0.39 is 5.60 Å². The van der Waals surface area contributed by atoms with Gasteiger partial charge in [0.2, 0.25) is 0 Å². The predicted octanol–water partition coefficient (Wildman–Crippen LogP) is 6.39. The van der Waals surface area contributed by atoms with E-state index in [4.69, 9.17) is 14.2 Å². The van der Waals surface area contributed by atoms with Crippen molar-refractivity contribution in [2.24, 2.45) is 0 Å². The van der Waals surface area contributed by atoms with Crippen LogP contribution in [0.3, 0.4) is 0 Å². The van der Waals surface area contributed by atoms with Gasteiger partial charge < -0.3 is 14.2 Å². The lowest BCUT2D eigenvalue weighted by molar-refractivity contribution is -0.0278. The molecule has 6 nitrogen and oxygen atoms in total. The van der Waals surface area contributed by atoms with Gasteiger partial charge in [0, 0.05) is 12.1 Å². The summed E-state index contributed by atoms with van der Waals surface area (Å²) in [5.41, 5.74) is 4.80. The minimum atomic E-state index is -0.752. The van der Waals surface area contributed by atoms with Gasteiger partial charge in [-0.3, -0.25) is 4.40 Å². The normalized spacial score (nSPS) is 16.6. The number of hydrogen-bond acceptors (Lipinski definition) is 5. The molecule has 2 aromatic heterocycles. The number of ether oxygens (including phenoxy) is 3. The van der Waals surface area contributed by atoms with Crippen molar-refractivity contribution in [3.8, 4) is 0 Å². The second-order valence-corrected chi connectivity index (χ2v) is 9.93. The number of fused-ring (bicyclic) bond motifs is 1. The van der Waals surface area contributed by atoms with Gasteiger partial charge in [0.05, 0.1) is 32.1 Å². The monoisotopic (exact) mass is 532 g/mol. The third-order valence-electron chi connectivity index (χ3n) is 7.46. The summed E-state index contributed by atoms with van der Waals surface area (Å²) in [6.07, 6.45) is 4.53. The van der Waals surface area contributed by atoms with E-state index in [0.29, 0.717) is 31.4 Å². The van der Waals surface area contributed by atoms with Crippen LogP contribution in [0.4, 0.5) is 0 Å². The van der Waals surface area contributed by atoms with Crippen LogP contribution in [0.5, 0.6) is 0 Å². The summed E-state index contributed by atoms with van der Waals surface area (Å²) < 4.78 is 20.0. The number of carbonyl (C=O) groups is 1. The van der Waals surface area contributed by atoms with Crippen molar-refractivity contribution in [3.05, 3.63) is 143 Å². The molecule has 2 atom stereocenters. The SMILES string of the molecule is CCOC(=O)c1cnc2cc([C@H]3C[C@@H]3OCCOC(c3ccccc3)(c3ccccc3)c3ccccc3)ccn12. The van der Waals surface area contributed by atoms with E-state index in [0.717, 1.165) is 34.3 Å². The van der Waals surface area contributed by atoms with Gasteiger partial charge in [-0.15, -0.1) is 0 Å². The van der Waals surface area contributed by atoms with Gasteiger partial charge in [-0.2, -0.15) is 0 Å². The Labute approximate surface area is 234 Å². The van der Waals surface area contributed by atoms with E-state index in [-0.39, 0.29) is 12.1 Å². The fourth-order valence-electron chi connectivity index (χ4n) is 5.45. The van der Waals surface area contributed by atoms with Crippen LogP contribution in [0.2, 0.25) is 0 Å². The maximum atomic E-state index is 12.2. The average Bonchev–Trinajstić information content (AvgIpc) is 3.66. The standard InChI is InChI=1S/C34H32N2O4/c1-2-38-33(37)30-24-35-32-22-25(18-19-36(30)32)29-23-31(29)39-20-21-40-34(26-12-6-3-7-13-26,27-14-8-4-9-15-27)28-16-10-5-11-17-28/h3-19,22,24,29,31H,2,20-21,23H2,1H3/t29-,31+/m1/s1. The van der Waals surface area contributed by atoms with Crippen molar-refractivity contribution in [2.45, 2.75) is 31.0 Å². The van der Waals surface area contributed by atoms with Crippen LogP contribution in [0.1, 0.15) is 52.0 Å². The first kappa shape index (κ1) is 26.0. The number of esters is 1. The molecule has 0 bridgehead atoms. The highest BCUT2D eigenvalue weighted by molar-refractivity contribution is 5.88. The van der Waals surface area contributed by atoms with Gasteiger partial charge >= 0.3 is 5.97 Å². The smallest absolute Gasteiger partial charge is 0.356 e. The van der Waals surface area contributed by atoms with Crippen LogP contribution in [0.25, 0.3) is 5.65 Å². The molecule has 3 aromatic carbocycles. The Kier molecular flexibility index (Phi) is 7.45. The summed E-state index contributed by atoms with van der Waals surface area (Å²) in [6, 6.07) is 35.2. The topological polar surface area (TPSA) is 62.1 Å². The Hall–Kier alpha value is -4.26. The number of carbonyl (C=O) groups excluding carboxylic acids is 1. The molecule has 0 amide bonds. The lowest BCUT2D eigenvalue weighted by Crippen LogP contribution is -2.34. The Morgan fingerprint density at radius 3 is 2.05 bits per heavy atom. The van der Waals surface area contributed by atoms with E-state index in [9.17, 15) is 4.79 Å². The van der Waals surface area contributed by atoms with Gasteiger partial charge in [0.1, 0.15) is 11.2 Å². The molecule has 6 rings (SSSR count). The second-order valence-electron chi connectivity index (χ2n) is 9.93. The summed E-state index contributed by atoms with van der Waals surface area (Å²) in [4.78, 5) is 16.6. The van der Waals surface area contributed by atoms with Crippen LogP contribution in [-0.4, -0.2) is 41.3 Å². The Morgan fingerprint density at radius 1 is 0.875 bits per heavy atom. The van der Waals surface area contributed by atoms with Crippen LogP contribution < -0.4 is 0 Å². The third-order valence-corrected chi connectivity index (χ3v) is 7.46. The number of pyridine rings is 1. The average molecular weight is 533 g/mol. The van der Waals surface area contributed by atoms with Crippen LogP contribution in [0.15, 0.2) is 116 Å². The third kappa shape index (κ3) is 5.04. The molecule has 1 saturated carbocycles. The number of nitrogens with zero attached hydrogens (tertiary/aromatic N) is 2. The molecule has 1 fully saturated rings. The molecule has 2 heterocycles. The van der Waals surface area contributed by atoms with Crippen molar-refractivity contribution in [1.29, 1.82) is 0 Å². The fraction of sp³-hybridized carbons (Fsp3) is 0.235. The molecular formula is C34H32N2O4. The number of aromatic nitrogens is 2. The van der Waals surface area contributed by atoms with E-state index in [2.05, 4.69) is 77.8 Å². The van der Waals surface area contributed by atoms with Crippen molar-refractivity contribution in [2.75, 3.05) is 19.8 Å². The van der Waals surface area contributed by atoms with Crippen molar-refractivity contribution < 1.29 is 19.0 Å². The summed E-state index contributed by atoms with van der Waals surface area (Å²) in [6.45, 7) is 3.04. The zero-order valence-corrected chi connectivity index (χ0v) is 22.5. The highest BCUT2D eigenvalue weighted by Crippen LogP contribution is 2.44. The van der Waals surface area contributed by atoms with Gasteiger partial charge in [-0.1, -0.05) is 91.0 Å². The highest BCUT2D eigenvalue weighted by Gasteiger charge is 2.41. The molecule has 0 unspecified atom stereocenters. The molecule has 1 aliphatic rings. The first-order valence-electron chi connectivity index (χ1n) is 13.8. The van der Waals surface area contributed by atoms with Gasteiger partial charge in [-0.25, -0.2) is 9.78 Å². The molecule has 0 aliphatic heterocycles. The Bertz CT molecular complexity index is 1470. The largest absolute Gasteiger partial charge is 0.461 e. The number of benzene rings is 3. The van der Waals surface area contributed by atoms with E-state index >= 15 is 0 Å². The van der Waals surface area contributed by atoms with E-state index in [1.54, 1.807) is 17.5 Å². The summed E-state index contributed by atoms with van der Waals surface area (Å²) in [7, 11) is 0. The van der Waals surface area contributed by atoms with Gasteiger partial charge in [-0.05, 0) is 47.7 Å². The van der Waals surface area contributed by atoms with Gasteiger partial charge in [0.25, 0.3) is 0 Å². The minimum absolute atomic E-state index is 0.130. The van der Waals surface area contributed by atoms with Crippen molar-refractivity contribution in [1.82, 2.24) is 9.38 Å². The summed E-state index contributed by atoms with van der Waals surface area (Å²) in [5, 5.41) is 0. The molecule has 0 N–H and O–H groups in total.